The number of hydrogen-bond donors (Lipinski definition) is 3. The average molecular weight is 340 g/mol. The standard InChI is InChI=1S/C20H25FN4/c1-15(24-18-10-12-22-13-11-18)25-20-5-3-2-4-19(20)23-14-16-6-8-17(21)9-7-16/h2-9,18,22-23H,10-14H2,1H3,(H,24,25). The molecule has 5 heteroatoms. The van der Waals surface area contributed by atoms with E-state index in [2.05, 4.69) is 16.0 Å². The predicted molar refractivity (Wildman–Crippen MR) is 103 cm³/mol. The fourth-order valence-corrected chi connectivity index (χ4v) is 2.98. The van der Waals surface area contributed by atoms with Crippen LogP contribution in [0.2, 0.25) is 0 Å². The van der Waals surface area contributed by atoms with Gasteiger partial charge in [0.1, 0.15) is 5.82 Å². The van der Waals surface area contributed by atoms with E-state index in [0.717, 1.165) is 48.7 Å². The maximum Gasteiger partial charge on any atom is 0.123 e. The van der Waals surface area contributed by atoms with Gasteiger partial charge in [-0.2, -0.15) is 0 Å². The van der Waals surface area contributed by atoms with Gasteiger partial charge < -0.3 is 16.0 Å². The van der Waals surface area contributed by atoms with E-state index in [1.54, 1.807) is 12.1 Å². The molecule has 3 N–H and O–H groups in total. The topological polar surface area (TPSA) is 48.5 Å². The van der Waals surface area contributed by atoms with Crippen LogP contribution in [-0.4, -0.2) is 25.0 Å². The number of amidine groups is 1. The molecule has 0 amide bonds. The van der Waals surface area contributed by atoms with E-state index >= 15 is 0 Å². The molecule has 1 fully saturated rings. The molecule has 3 rings (SSSR count). The summed E-state index contributed by atoms with van der Waals surface area (Å²) in [5.74, 6) is 0.721. The molecule has 2 aromatic carbocycles. The van der Waals surface area contributed by atoms with Crippen molar-refractivity contribution in [2.24, 2.45) is 4.99 Å². The van der Waals surface area contributed by atoms with E-state index in [-0.39, 0.29) is 5.82 Å². The van der Waals surface area contributed by atoms with Crippen molar-refractivity contribution in [2.75, 3.05) is 23.7 Å². The maximum absolute atomic E-state index is 13.0. The van der Waals surface area contributed by atoms with Crippen LogP contribution < -0.4 is 16.0 Å². The number of nitrogens with one attached hydrogen (secondary N) is 3. The third kappa shape index (κ3) is 5.29. The molecule has 1 heterocycles. The van der Waals surface area contributed by atoms with Crippen molar-refractivity contribution in [3.8, 4) is 0 Å². The summed E-state index contributed by atoms with van der Waals surface area (Å²) < 4.78 is 13.0. The summed E-state index contributed by atoms with van der Waals surface area (Å²) >= 11 is 0. The Kier molecular flexibility index (Phi) is 6.01. The van der Waals surface area contributed by atoms with E-state index in [1.165, 1.54) is 12.1 Å². The van der Waals surface area contributed by atoms with Crippen molar-refractivity contribution >= 4 is 17.2 Å². The zero-order valence-corrected chi connectivity index (χ0v) is 14.6. The third-order valence-electron chi connectivity index (χ3n) is 4.32. The normalized spacial score (nSPS) is 15.8. The third-order valence-corrected chi connectivity index (χ3v) is 4.32. The molecule has 0 unspecified atom stereocenters. The number of anilines is 2. The highest BCUT2D eigenvalue weighted by Gasteiger charge is 2.12. The molecule has 0 aliphatic carbocycles. The summed E-state index contributed by atoms with van der Waals surface area (Å²) in [7, 11) is 0. The highest BCUT2D eigenvalue weighted by molar-refractivity contribution is 5.96. The summed E-state index contributed by atoms with van der Waals surface area (Å²) in [6, 6.07) is 15.0. The molecule has 2 aromatic rings. The van der Waals surface area contributed by atoms with Gasteiger partial charge in [0, 0.05) is 6.54 Å². The first-order valence-electron chi connectivity index (χ1n) is 8.80. The van der Waals surface area contributed by atoms with Crippen molar-refractivity contribution < 1.29 is 4.39 Å². The molecule has 1 aliphatic rings. The molecule has 0 atom stereocenters. The van der Waals surface area contributed by atoms with Gasteiger partial charge >= 0.3 is 0 Å². The number of piperidine rings is 1. The molecule has 0 saturated carbocycles. The van der Waals surface area contributed by atoms with E-state index in [0.29, 0.717) is 12.6 Å². The summed E-state index contributed by atoms with van der Waals surface area (Å²) in [6.07, 6.45) is 2.17. The Morgan fingerprint density at radius 3 is 2.48 bits per heavy atom. The Balaban J connectivity index is 1.63. The van der Waals surface area contributed by atoms with Crippen molar-refractivity contribution in [1.82, 2.24) is 5.32 Å². The van der Waals surface area contributed by atoms with Crippen LogP contribution in [0.15, 0.2) is 53.5 Å². The first-order valence-corrected chi connectivity index (χ1v) is 8.80. The lowest BCUT2D eigenvalue weighted by Gasteiger charge is -2.20. The zero-order chi connectivity index (χ0) is 17.5. The highest BCUT2D eigenvalue weighted by Crippen LogP contribution is 2.22. The first-order chi connectivity index (χ1) is 12.2. The van der Waals surface area contributed by atoms with Crippen molar-refractivity contribution in [3.63, 3.8) is 0 Å². The van der Waals surface area contributed by atoms with Crippen LogP contribution in [0.4, 0.5) is 15.8 Å². The van der Waals surface area contributed by atoms with Gasteiger partial charge in [-0.05, 0) is 62.7 Å². The first kappa shape index (κ1) is 17.4. The van der Waals surface area contributed by atoms with Gasteiger partial charge in [-0.1, -0.05) is 24.3 Å². The minimum absolute atomic E-state index is 0.212. The summed E-state index contributed by atoms with van der Waals surface area (Å²) in [6.45, 7) is 4.73. The number of para-hydroxylation sites is 2. The van der Waals surface area contributed by atoms with E-state index in [9.17, 15) is 4.39 Å². The molecule has 0 radical (unpaired) electrons. The van der Waals surface area contributed by atoms with Crippen molar-refractivity contribution in [2.45, 2.75) is 32.4 Å². The summed E-state index contributed by atoms with van der Waals surface area (Å²) in [5.41, 5.74) is 3.04. The lowest BCUT2D eigenvalue weighted by atomic mass is 10.1. The number of rotatable bonds is 5. The molecule has 0 aromatic heterocycles. The van der Waals surface area contributed by atoms with Crippen LogP contribution in [-0.2, 0) is 6.54 Å². The number of nitrogens with zero attached hydrogens (tertiary/aromatic N) is 1. The second-order valence-electron chi connectivity index (χ2n) is 6.35. The zero-order valence-electron chi connectivity index (χ0n) is 14.6. The van der Waals surface area contributed by atoms with Gasteiger partial charge in [-0.25, -0.2) is 4.39 Å². The van der Waals surface area contributed by atoms with Crippen LogP contribution in [0.3, 0.4) is 0 Å². The van der Waals surface area contributed by atoms with Crippen LogP contribution in [0.5, 0.6) is 0 Å². The molecule has 4 nitrogen and oxygen atoms in total. The van der Waals surface area contributed by atoms with Gasteiger partial charge in [-0.15, -0.1) is 0 Å². The molecule has 1 aliphatic heterocycles. The summed E-state index contributed by atoms with van der Waals surface area (Å²) in [4.78, 5) is 4.80. The van der Waals surface area contributed by atoms with E-state index < -0.39 is 0 Å². The van der Waals surface area contributed by atoms with Crippen LogP contribution >= 0.6 is 0 Å². The second kappa shape index (κ2) is 8.62. The Labute approximate surface area is 148 Å². The van der Waals surface area contributed by atoms with Crippen LogP contribution in [0.25, 0.3) is 0 Å². The minimum Gasteiger partial charge on any atom is -0.379 e. The number of benzene rings is 2. The van der Waals surface area contributed by atoms with Gasteiger partial charge in [0.2, 0.25) is 0 Å². The fourth-order valence-electron chi connectivity index (χ4n) is 2.98. The molecule has 0 spiro atoms. The van der Waals surface area contributed by atoms with Crippen LogP contribution in [0, 0.1) is 5.82 Å². The SMILES string of the molecule is CC(=NC1CCNCC1)Nc1ccccc1NCc1ccc(F)cc1. The smallest absolute Gasteiger partial charge is 0.123 e. The van der Waals surface area contributed by atoms with Gasteiger partial charge in [-0.3, -0.25) is 4.99 Å². The second-order valence-corrected chi connectivity index (χ2v) is 6.35. The average Bonchev–Trinajstić information content (AvgIpc) is 2.63. The number of aliphatic imine (C=N–C) groups is 1. The Bertz CT molecular complexity index is 706. The van der Waals surface area contributed by atoms with Gasteiger partial charge in [0.05, 0.1) is 23.3 Å². The molecular weight excluding hydrogens is 315 g/mol. The fraction of sp³-hybridized carbons (Fsp3) is 0.350. The number of hydrogen-bond acceptors (Lipinski definition) is 3. The van der Waals surface area contributed by atoms with Gasteiger partial charge in [0.25, 0.3) is 0 Å². The van der Waals surface area contributed by atoms with E-state index in [4.69, 9.17) is 4.99 Å². The Morgan fingerprint density at radius 1 is 1.08 bits per heavy atom. The molecule has 1 saturated heterocycles. The number of halogens is 1. The predicted octanol–water partition coefficient (Wildman–Crippen LogP) is 4.02. The maximum atomic E-state index is 13.0. The molecule has 0 bridgehead atoms. The minimum atomic E-state index is -0.212. The molecular formula is C20H25FN4. The quantitative estimate of drug-likeness (QED) is 0.569. The Hall–Kier alpha value is -2.40. The monoisotopic (exact) mass is 340 g/mol. The lowest BCUT2D eigenvalue weighted by molar-refractivity contribution is 0.460. The van der Waals surface area contributed by atoms with Gasteiger partial charge in [0.15, 0.2) is 0 Å². The lowest BCUT2D eigenvalue weighted by Crippen LogP contribution is -2.30. The van der Waals surface area contributed by atoms with Crippen LogP contribution in [0.1, 0.15) is 25.3 Å². The van der Waals surface area contributed by atoms with Crippen molar-refractivity contribution in [3.05, 3.63) is 59.9 Å². The Morgan fingerprint density at radius 2 is 1.76 bits per heavy atom. The molecule has 25 heavy (non-hydrogen) atoms. The highest BCUT2D eigenvalue weighted by atomic mass is 19.1. The van der Waals surface area contributed by atoms with E-state index in [1.807, 2.05) is 31.2 Å². The molecule has 132 valence electrons. The van der Waals surface area contributed by atoms with Crippen molar-refractivity contribution in [1.29, 1.82) is 0 Å². The summed E-state index contributed by atoms with van der Waals surface area (Å²) in [5, 5.41) is 10.2. The largest absolute Gasteiger partial charge is 0.379 e.